The van der Waals surface area contributed by atoms with Crippen LogP contribution in [0.25, 0.3) is 0 Å². The molecule has 0 saturated carbocycles. The first-order valence-corrected chi connectivity index (χ1v) is 7.08. The van der Waals surface area contributed by atoms with E-state index in [1.807, 2.05) is 0 Å². The predicted octanol–water partition coefficient (Wildman–Crippen LogP) is 1.21. The summed E-state index contributed by atoms with van der Waals surface area (Å²) in [4.78, 5) is 28.4. The van der Waals surface area contributed by atoms with Gasteiger partial charge in [0.25, 0.3) is 11.8 Å². The zero-order chi connectivity index (χ0) is 14.3. The van der Waals surface area contributed by atoms with Crippen LogP contribution in [0.5, 0.6) is 0 Å². The highest BCUT2D eigenvalue weighted by molar-refractivity contribution is 6.21. The molecule has 2 amide bonds. The highest BCUT2D eigenvalue weighted by Crippen LogP contribution is 2.27. The maximum Gasteiger partial charge on any atom is 0.261 e. The molecule has 5 nitrogen and oxygen atoms in total. The number of hydrogen-bond donors (Lipinski definition) is 1. The van der Waals surface area contributed by atoms with E-state index in [0.29, 0.717) is 29.3 Å². The normalized spacial score (nSPS) is 22.6. The molecule has 2 heterocycles. The van der Waals surface area contributed by atoms with E-state index in [2.05, 4.69) is 11.8 Å². The van der Waals surface area contributed by atoms with Crippen molar-refractivity contribution in [1.82, 2.24) is 9.80 Å². The van der Waals surface area contributed by atoms with E-state index in [4.69, 9.17) is 5.73 Å². The molecule has 1 atom stereocenters. The Labute approximate surface area is 118 Å². The fraction of sp³-hybridized carbons (Fsp3) is 0.467. The molecule has 2 aliphatic heterocycles. The molecule has 1 saturated heterocycles. The van der Waals surface area contributed by atoms with E-state index in [1.165, 1.54) is 4.90 Å². The summed E-state index contributed by atoms with van der Waals surface area (Å²) in [5.41, 5.74) is 7.14. The summed E-state index contributed by atoms with van der Waals surface area (Å²) in [5, 5.41) is 0. The molecular weight excluding hydrogens is 254 g/mol. The van der Waals surface area contributed by atoms with Crippen LogP contribution in [0.15, 0.2) is 18.2 Å². The summed E-state index contributed by atoms with van der Waals surface area (Å²) < 4.78 is 0. The quantitative estimate of drug-likeness (QED) is 0.664. The molecule has 1 aromatic rings. The van der Waals surface area contributed by atoms with Gasteiger partial charge in [0.2, 0.25) is 0 Å². The number of imide groups is 1. The second-order valence-electron chi connectivity index (χ2n) is 5.57. The first-order valence-electron chi connectivity index (χ1n) is 7.08. The molecule has 0 spiro atoms. The zero-order valence-corrected chi connectivity index (χ0v) is 11.6. The summed E-state index contributed by atoms with van der Waals surface area (Å²) in [7, 11) is 0. The number of likely N-dealkylation sites (tertiary alicyclic amines) is 1. The lowest BCUT2D eigenvalue weighted by atomic mass is 10.1. The Kier molecular flexibility index (Phi) is 3.22. The Morgan fingerprint density at radius 2 is 2.00 bits per heavy atom. The second kappa shape index (κ2) is 4.90. The fourth-order valence-electron chi connectivity index (χ4n) is 3.08. The van der Waals surface area contributed by atoms with Gasteiger partial charge in [-0.1, -0.05) is 6.92 Å². The number of benzene rings is 1. The summed E-state index contributed by atoms with van der Waals surface area (Å²) in [6, 6.07) is 4.92. The molecule has 1 fully saturated rings. The number of hydrogen-bond acceptors (Lipinski definition) is 4. The van der Waals surface area contributed by atoms with Crippen LogP contribution in [0.3, 0.4) is 0 Å². The van der Waals surface area contributed by atoms with Crippen molar-refractivity contribution in [1.29, 1.82) is 0 Å². The van der Waals surface area contributed by atoms with Crippen molar-refractivity contribution in [2.45, 2.75) is 13.3 Å². The van der Waals surface area contributed by atoms with Gasteiger partial charge in [-0.25, -0.2) is 0 Å². The minimum atomic E-state index is -0.202. The molecule has 2 N–H and O–H groups in total. The Morgan fingerprint density at radius 1 is 1.25 bits per heavy atom. The van der Waals surface area contributed by atoms with Crippen LogP contribution in [-0.2, 0) is 0 Å². The molecule has 2 aliphatic rings. The molecule has 106 valence electrons. The SMILES string of the molecule is CCN1CCC(CN2C(=O)c3ccc(N)cc3C2=O)C1. The third-order valence-corrected chi connectivity index (χ3v) is 4.25. The zero-order valence-electron chi connectivity index (χ0n) is 11.6. The molecule has 3 rings (SSSR count). The van der Waals surface area contributed by atoms with E-state index in [9.17, 15) is 9.59 Å². The van der Waals surface area contributed by atoms with Gasteiger partial charge in [-0.3, -0.25) is 14.5 Å². The Hall–Kier alpha value is -1.88. The molecule has 0 aliphatic carbocycles. The maximum atomic E-state index is 12.3. The average molecular weight is 273 g/mol. The van der Waals surface area contributed by atoms with Crippen molar-refractivity contribution in [3.8, 4) is 0 Å². The number of nitrogens with two attached hydrogens (primary N) is 1. The van der Waals surface area contributed by atoms with Crippen LogP contribution in [0.1, 0.15) is 34.1 Å². The molecule has 5 heteroatoms. The number of carbonyl (C=O) groups is 2. The van der Waals surface area contributed by atoms with Crippen LogP contribution in [0, 0.1) is 5.92 Å². The van der Waals surface area contributed by atoms with Gasteiger partial charge in [0.05, 0.1) is 11.1 Å². The van der Waals surface area contributed by atoms with Crippen molar-refractivity contribution in [2.75, 3.05) is 31.9 Å². The Morgan fingerprint density at radius 3 is 2.70 bits per heavy atom. The van der Waals surface area contributed by atoms with E-state index in [1.54, 1.807) is 18.2 Å². The minimum absolute atomic E-state index is 0.181. The van der Waals surface area contributed by atoms with Gasteiger partial charge in [-0.2, -0.15) is 0 Å². The summed E-state index contributed by atoms with van der Waals surface area (Å²) >= 11 is 0. The van der Waals surface area contributed by atoms with Crippen molar-refractivity contribution in [3.05, 3.63) is 29.3 Å². The van der Waals surface area contributed by atoms with E-state index in [0.717, 1.165) is 26.1 Å². The topological polar surface area (TPSA) is 66.6 Å². The molecule has 1 unspecified atom stereocenters. The predicted molar refractivity (Wildman–Crippen MR) is 76.4 cm³/mol. The van der Waals surface area contributed by atoms with Crippen molar-refractivity contribution in [2.24, 2.45) is 5.92 Å². The second-order valence-corrected chi connectivity index (χ2v) is 5.57. The van der Waals surface area contributed by atoms with Crippen LogP contribution >= 0.6 is 0 Å². The van der Waals surface area contributed by atoms with Crippen LogP contribution < -0.4 is 5.73 Å². The fourth-order valence-corrected chi connectivity index (χ4v) is 3.08. The molecule has 0 bridgehead atoms. The van der Waals surface area contributed by atoms with Crippen LogP contribution in [0.2, 0.25) is 0 Å². The number of carbonyl (C=O) groups excluding carboxylic acids is 2. The maximum absolute atomic E-state index is 12.3. The summed E-state index contributed by atoms with van der Waals surface area (Å²) in [6.07, 6.45) is 1.05. The number of amides is 2. The number of nitrogen functional groups attached to an aromatic ring is 1. The lowest BCUT2D eigenvalue weighted by molar-refractivity contribution is 0.0630. The average Bonchev–Trinajstić information content (AvgIpc) is 2.98. The van der Waals surface area contributed by atoms with Gasteiger partial charge < -0.3 is 10.6 Å². The standard InChI is InChI=1S/C15H19N3O2/c1-2-17-6-5-10(8-17)9-18-14(19)12-4-3-11(16)7-13(12)15(18)20/h3-4,7,10H,2,5-6,8-9,16H2,1H3. The van der Waals surface area contributed by atoms with Gasteiger partial charge in [-0.05, 0) is 43.6 Å². The number of anilines is 1. The summed E-state index contributed by atoms with van der Waals surface area (Å²) in [5.74, 6) is 0.00158. The molecule has 20 heavy (non-hydrogen) atoms. The highest BCUT2D eigenvalue weighted by Gasteiger charge is 2.37. The van der Waals surface area contributed by atoms with E-state index < -0.39 is 0 Å². The van der Waals surface area contributed by atoms with E-state index in [-0.39, 0.29) is 11.8 Å². The van der Waals surface area contributed by atoms with Gasteiger partial charge in [-0.15, -0.1) is 0 Å². The third kappa shape index (κ3) is 2.08. The molecule has 0 radical (unpaired) electrons. The first-order chi connectivity index (χ1) is 9.60. The molecular formula is C15H19N3O2. The number of fused-ring (bicyclic) bond motifs is 1. The number of nitrogens with zero attached hydrogens (tertiary/aromatic N) is 2. The van der Waals surface area contributed by atoms with Crippen LogP contribution in [-0.4, -0.2) is 47.8 Å². The van der Waals surface area contributed by atoms with Gasteiger partial charge in [0, 0.05) is 18.8 Å². The molecule has 1 aromatic carbocycles. The molecule has 0 aromatic heterocycles. The highest BCUT2D eigenvalue weighted by atomic mass is 16.2. The lowest BCUT2D eigenvalue weighted by Gasteiger charge is -2.19. The smallest absolute Gasteiger partial charge is 0.261 e. The van der Waals surface area contributed by atoms with Gasteiger partial charge in [0.1, 0.15) is 0 Å². The third-order valence-electron chi connectivity index (χ3n) is 4.25. The Balaban J connectivity index is 1.77. The monoisotopic (exact) mass is 273 g/mol. The van der Waals surface area contributed by atoms with E-state index >= 15 is 0 Å². The summed E-state index contributed by atoms with van der Waals surface area (Å²) in [6.45, 7) is 5.69. The minimum Gasteiger partial charge on any atom is -0.399 e. The van der Waals surface area contributed by atoms with Crippen LogP contribution in [0.4, 0.5) is 5.69 Å². The van der Waals surface area contributed by atoms with Gasteiger partial charge >= 0.3 is 0 Å². The van der Waals surface area contributed by atoms with Crippen molar-refractivity contribution < 1.29 is 9.59 Å². The lowest BCUT2D eigenvalue weighted by Crippen LogP contribution is -2.35. The first kappa shape index (κ1) is 13.1. The van der Waals surface area contributed by atoms with Crippen molar-refractivity contribution in [3.63, 3.8) is 0 Å². The van der Waals surface area contributed by atoms with Crippen molar-refractivity contribution >= 4 is 17.5 Å². The Bertz CT molecular complexity index is 570. The largest absolute Gasteiger partial charge is 0.399 e. The van der Waals surface area contributed by atoms with Gasteiger partial charge in [0.15, 0.2) is 0 Å². The number of rotatable bonds is 3.